The Labute approximate surface area is 153 Å². The summed E-state index contributed by atoms with van der Waals surface area (Å²) in [7, 11) is 0. The number of carbonyl (C=O) groups excluding carboxylic acids is 1. The van der Waals surface area contributed by atoms with E-state index < -0.39 is 5.97 Å². The van der Waals surface area contributed by atoms with Crippen molar-refractivity contribution < 1.29 is 14.7 Å². The molecular formula is C22H23NO3. The number of aliphatic carboxylic acids is 1. The van der Waals surface area contributed by atoms with Crippen LogP contribution in [0.1, 0.15) is 31.2 Å². The van der Waals surface area contributed by atoms with Gasteiger partial charge in [-0.1, -0.05) is 42.5 Å². The third-order valence-electron chi connectivity index (χ3n) is 5.80. The van der Waals surface area contributed by atoms with Crippen molar-refractivity contribution >= 4 is 17.6 Å². The van der Waals surface area contributed by atoms with E-state index in [1.807, 2.05) is 35.2 Å². The van der Waals surface area contributed by atoms with Crippen LogP contribution in [0.5, 0.6) is 0 Å². The molecule has 0 spiro atoms. The van der Waals surface area contributed by atoms with Crippen molar-refractivity contribution in [2.45, 2.75) is 32.1 Å². The highest BCUT2D eigenvalue weighted by Gasteiger charge is 2.35. The number of hydrogen-bond acceptors (Lipinski definition) is 2. The second-order valence-electron chi connectivity index (χ2n) is 7.30. The van der Waals surface area contributed by atoms with Gasteiger partial charge in [-0.05, 0) is 54.9 Å². The van der Waals surface area contributed by atoms with Crippen LogP contribution in [-0.2, 0) is 16.0 Å². The lowest BCUT2D eigenvalue weighted by atomic mass is 9.81. The maximum absolute atomic E-state index is 13.1. The lowest BCUT2D eigenvalue weighted by Crippen LogP contribution is -2.37. The van der Waals surface area contributed by atoms with Crippen molar-refractivity contribution in [1.29, 1.82) is 0 Å². The predicted molar refractivity (Wildman–Crippen MR) is 101 cm³/mol. The average molecular weight is 349 g/mol. The monoisotopic (exact) mass is 349 g/mol. The van der Waals surface area contributed by atoms with Gasteiger partial charge in [0.15, 0.2) is 0 Å². The first kappa shape index (κ1) is 16.8. The molecule has 1 amide bonds. The molecule has 134 valence electrons. The lowest BCUT2D eigenvalue weighted by Gasteiger charge is -2.29. The summed E-state index contributed by atoms with van der Waals surface area (Å²) in [4.78, 5) is 26.1. The van der Waals surface area contributed by atoms with Crippen LogP contribution in [0.3, 0.4) is 0 Å². The van der Waals surface area contributed by atoms with E-state index >= 15 is 0 Å². The number of carbonyl (C=O) groups is 2. The molecule has 0 saturated heterocycles. The predicted octanol–water partition coefficient (Wildman–Crippen LogP) is 4.13. The molecule has 26 heavy (non-hydrogen) atoms. The Morgan fingerprint density at radius 3 is 2.27 bits per heavy atom. The van der Waals surface area contributed by atoms with Crippen molar-refractivity contribution in [1.82, 2.24) is 0 Å². The van der Waals surface area contributed by atoms with Crippen LogP contribution in [0.2, 0.25) is 0 Å². The number of rotatable bonds is 3. The number of amides is 1. The van der Waals surface area contributed by atoms with Crippen molar-refractivity contribution in [3.8, 4) is 11.1 Å². The third kappa shape index (κ3) is 3.00. The summed E-state index contributed by atoms with van der Waals surface area (Å²) in [6, 6.07) is 16.5. The molecule has 0 radical (unpaired) electrons. The van der Waals surface area contributed by atoms with Crippen molar-refractivity contribution in [3.63, 3.8) is 0 Å². The van der Waals surface area contributed by atoms with E-state index in [9.17, 15) is 9.59 Å². The SMILES string of the molecule is O=C(O)C1CCC(C(=O)N2CCc3c(-c4ccccc4)cccc32)CC1. The van der Waals surface area contributed by atoms with Gasteiger partial charge < -0.3 is 10.0 Å². The number of fused-ring (bicyclic) bond motifs is 1. The standard InChI is InChI=1S/C22H23NO3/c24-21(16-9-11-17(12-10-16)22(25)26)23-14-13-19-18(7-4-8-20(19)23)15-5-2-1-3-6-15/h1-8,16-17H,9-14H2,(H,25,26). The normalized spacial score (nSPS) is 22.1. The maximum atomic E-state index is 13.1. The molecule has 2 aromatic carbocycles. The van der Waals surface area contributed by atoms with Crippen molar-refractivity contribution in [2.24, 2.45) is 11.8 Å². The summed E-state index contributed by atoms with van der Waals surface area (Å²) in [6.45, 7) is 0.719. The third-order valence-corrected chi connectivity index (χ3v) is 5.80. The van der Waals surface area contributed by atoms with Gasteiger partial charge in [0.1, 0.15) is 0 Å². The summed E-state index contributed by atoms with van der Waals surface area (Å²) in [6.07, 6.45) is 3.45. The lowest BCUT2D eigenvalue weighted by molar-refractivity contribution is -0.144. The second-order valence-corrected chi connectivity index (χ2v) is 7.30. The molecule has 2 aliphatic rings. The number of anilines is 1. The first-order chi connectivity index (χ1) is 12.6. The van der Waals surface area contributed by atoms with E-state index in [0.717, 1.165) is 18.7 Å². The van der Waals surface area contributed by atoms with Gasteiger partial charge in [-0.25, -0.2) is 0 Å². The molecule has 4 nitrogen and oxygen atoms in total. The van der Waals surface area contributed by atoms with Gasteiger partial charge in [0.2, 0.25) is 5.91 Å². The van der Waals surface area contributed by atoms with E-state index in [1.165, 1.54) is 16.7 Å². The summed E-state index contributed by atoms with van der Waals surface area (Å²) in [5.74, 6) is -0.890. The van der Waals surface area contributed by atoms with Crippen molar-refractivity contribution in [3.05, 3.63) is 54.1 Å². The number of benzene rings is 2. The Morgan fingerprint density at radius 1 is 0.885 bits per heavy atom. The number of carboxylic acid groups (broad SMARTS) is 1. The molecule has 4 rings (SSSR count). The summed E-state index contributed by atoms with van der Waals surface area (Å²) < 4.78 is 0. The van der Waals surface area contributed by atoms with Gasteiger partial charge >= 0.3 is 5.97 Å². The first-order valence-electron chi connectivity index (χ1n) is 9.36. The van der Waals surface area contributed by atoms with Crippen LogP contribution in [-0.4, -0.2) is 23.5 Å². The highest BCUT2D eigenvalue weighted by molar-refractivity contribution is 5.98. The molecule has 1 N–H and O–H groups in total. The minimum Gasteiger partial charge on any atom is -0.481 e. The number of carboxylic acids is 1. The van der Waals surface area contributed by atoms with E-state index in [1.54, 1.807) is 0 Å². The van der Waals surface area contributed by atoms with Gasteiger partial charge in [0, 0.05) is 18.2 Å². The van der Waals surface area contributed by atoms with Crippen LogP contribution in [0.25, 0.3) is 11.1 Å². The zero-order chi connectivity index (χ0) is 18.1. The van der Waals surface area contributed by atoms with Crippen LogP contribution >= 0.6 is 0 Å². The summed E-state index contributed by atoms with van der Waals surface area (Å²) in [5, 5.41) is 9.15. The Hall–Kier alpha value is -2.62. The topological polar surface area (TPSA) is 57.6 Å². The van der Waals surface area contributed by atoms with Crippen LogP contribution < -0.4 is 4.90 Å². The average Bonchev–Trinajstić information content (AvgIpc) is 3.12. The Morgan fingerprint density at radius 2 is 1.58 bits per heavy atom. The van der Waals surface area contributed by atoms with E-state index in [4.69, 9.17) is 5.11 Å². The number of nitrogens with zero attached hydrogens (tertiary/aromatic N) is 1. The number of hydrogen-bond donors (Lipinski definition) is 1. The van der Waals surface area contributed by atoms with Gasteiger partial charge in [0.25, 0.3) is 0 Å². The molecule has 1 heterocycles. The zero-order valence-corrected chi connectivity index (χ0v) is 14.7. The quantitative estimate of drug-likeness (QED) is 0.906. The Balaban J connectivity index is 1.55. The van der Waals surface area contributed by atoms with E-state index in [-0.39, 0.29) is 17.7 Å². The molecule has 1 fully saturated rings. The largest absolute Gasteiger partial charge is 0.481 e. The molecule has 0 aromatic heterocycles. The molecular weight excluding hydrogens is 326 g/mol. The molecule has 0 atom stereocenters. The smallest absolute Gasteiger partial charge is 0.306 e. The maximum Gasteiger partial charge on any atom is 0.306 e. The molecule has 0 bridgehead atoms. The van der Waals surface area contributed by atoms with Gasteiger partial charge in [-0.15, -0.1) is 0 Å². The highest BCUT2D eigenvalue weighted by Crippen LogP contribution is 2.38. The molecule has 1 aliphatic carbocycles. The Bertz CT molecular complexity index is 823. The van der Waals surface area contributed by atoms with Crippen LogP contribution in [0, 0.1) is 11.8 Å². The van der Waals surface area contributed by atoms with Crippen LogP contribution in [0.15, 0.2) is 48.5 Å². The minimum absolute atomic E-state index is 0.0445. The molecule has 1 aliphatic heterocycles. The molecule has 4 heteroatoms. The fraction of sp³-hybridized carbons (Fsp3) is 0.364. The minimum atomic E-state index is -0.727. The molecule has 1 saturated carbocycles. The summed E-state index contributed by atoms with van der Waals surface area (Å²) in [5.41, 5.74) is 4.65. The van der Waals surface area contributed by atoms with Gasteiger partial charge in [-0.3, -0.25) is 9.59 Å². The highest BCUT2D eigenvalue weighted by atomic mass is 16.4. The second kappa shape index (κ2) is 6.94. The Kier molecular flexibility index (Phi) is 4.49. The van der Waals surface area contributed by atoms with Crippen molar-refractivity contribution in [2.75, 3.05) is 11.4 Å². The fourth-order valence-electron chi connectivity index (χ4n) is 4.36. The molecule has 0 unspecified atom stereocenters. The van der Waals surface area contributed by atoms with Gasteiger partial charge in [0.05, 0.1) is 5.92 Å². The fourth-order valence-corrected chi connectivity index (χ4v) is 4.36. The van der Waals surface area contributed by atoms with Gasteiger partial charge in [-0.2, -0.15) is 0 Å². The van der Waals surface area contributed by atoms with E-state index in [0.29, 0.717) is 25.7 Å². The summed E-state index contributed by atoms with van der Waals surface area (Å²) >= 11 is 0. The first-order valence-corrected chi connectivity index (χ1v) is 9.36. The van der Waals surface area contributed by atoms with Crippen LogP contribution in [0.4, 0.5) is 5.69 Å². The molecule has 2 aromatic rings. The van der Waals surface area contributed by atoms with E-state index in [2.05, 4.69) is 18.2 Å². The zero-order valence-electron chi connectivity index (χ0n) is 14.7.